The van der Waals surface area contributed by atoms with E-state index in [9.17, 15) is 14.4 Å². The van der Waals surface area contributed by atoms with E-state index in [2.05, 4.69) is 26.6 Å². The first-order valence-corrected chi connectivity index (χ1v) is 8.70. The van der Waals surface area contributed by atoms with Crippen LogP contribution in [0.4, 0.5) is 5.69 Å². The van der Waals surface area contributed by atoms with Crippen molar-refractivity contribution in [1.82, 2.24) is 5.32 Å². The smallest absolute Gasteiger partial charge is 0.262 e. The molecule has 0 aliphatic carbocycles. The summed E-state index contributed by atoms with van der Waals surface area (Å²) in [6.45, 7) is 1.61. The monoisotopic (exact) mass is 409 g/mol. The van der Waals surface area contributed by atoms with Crippen molar-refractivity contribution in [3.8, 4) is 0 Å². The standard InChI is InChI=1S/C16H16BrN3O3S/c1-9(19-16(23)12-6-7-13(17)24-12)15(22)20-11-4-2-10(3-5-11)8-14(18)21/h2-7,9H,8H2,1H3,(H2,18,21)(H,19,23)(H,20,22). The molecule has 2 rings (SSSR count). The summed E-state index contributed by atoms with van der Waals surface area (Å²) < 4.78 is 0.848. The van der Waals surface area contributed by atoms with Gasteiger partial charge in [-0.1, -0.05) is 12.1 Å². The average Bonchev–Trinajstić information content (AvgIpc) is 2.95. The van der Waals surface area contributed by atoms with Crippen LogP contribution in [0.15, 0.2) is 40.2 Å². The lowest BCUT2D eigenvalue weighted by Gasteiger charge is -2.13. The predicted molar refractivity (Wildman–Crippen MR) is 96.9 cm³/mol. The highest BCUT2D eigenvalue weighted by Gasteiger charge is 2.17. The van der Waals surface area contributed by atoms with Crippen LogP contribution in [-0.2, 0) is 16.0 Å². The van der Waals surface area contributed by atoms with Crippen LogP contribution in [0, 0.1) is 0 Å². The summed E-state index contributed by atoms with van der Waals surface area (Å²) in [4.78, 5) is 35.5. The van der Waals surface area contributed by atoms with E-state index in [4.69, 9.17) is 5.73 Å². The second-order valence-corrected chi connectivity index (χ2v) is 7.59. The second kappa shape index (κ2) is 8.07. The zero-order valence-corrected chi connectivity index (χ0v) is 15.2. The molecule has 0 aliphatic rings. The van der Waals surface area contributed by atoms with E-state index in [0.29, 0.717) is 10.6 Å². The Hall–Kier alpha value is -2.19. The number of rotatable bonds is 6. The first-order chi connectivity index (χ1) is 11.3. The van der Waals surface area contributed by atoms with Crippen LogP contribution in [0.2, 0.25) is 0 Å². The van der Waals surface area contributed by atoms with Gasteiger partial charge in [0, 0.05) is 5.69 Å². The zero-order chi connectivity index (χ0) is 17.7. The van der Waals surface area contributed by atoms with E-state index < -0.39 is 11.9 Å². The maximum atomic E-state index is 12.1. The van der Waals surface area contributed by atoms with Crippen molar-refractivity contribution >= 4 is 50.7 Å². The number of primary amides is 1. The normalized spacial score (nSPS) is 11.6. The molecule has 3 amide bonds. The van der Waals surface area contributed by atoms with Gasteiger partial charge < -0.3 is 16.4 Å². The number of carbonyl (C=O) groups excluding carboxylic acids is 3. The summed E-state index contributed by atoms with van der Waals surface area (Å²) in [5.41, 5.74) is 6.47. The van der Waals surface area contributed by atoms with Gasteiger partial charge in [0.15, 0.2) is 0 Å². The summed E-state index contributed by atoms with van der Waals surface area (Å²) in [5, 5.41) is 5.35. The van der Waals surface area contributed by atoms with E-state index in [-0.39, 0.29) is 18.2 Å². The maximum absolute atomic E-state index is 12.1. The molecule has 1 atom stereocenters. The number of anilines is 1. The van der Waals surface area contributed by atoms with Crippen molar-refractivity contribution in [1.29, 1.82) is 0 Å². The van der Waals surface area contributed by atoms with Crippen LogP contribution in [0.25, 0.3) is 0 Å². The number of halogens is 1. The Morgan fingerprint density at radius 2 is 1.83 bits per heavy atom. The van der Waals surface area contributed by atoms with Crippen molar-refractivity contribution in [2.45, 2.75) is 19.4 Å². The largest absolute Gasteiger partial charge is 0.369 e. The number of thiophene rings is 1. The lowest BCUT2D eigenvalue weighted by molar-refractivity contribution is -0.118. The van der Waals surface area contributed by atoms with Crippen LogP contribution in [0.1, 0.15) is 22.2 Å². The molecule has 0 fully saturated rings. The molecule has 0 spiro atoms. The summed E-state index contributed by atoms with van der Waals surface area (Å²) in [7, 11) is 0. The van der Waals surface area contributed by atoms with Gasteiger partial charge in [0.2, 0.25) is 11.8 Å². The molecule has 1 heterocycles. The fraction of sp³-hybridized carbons (Fsp3) is 0.188. The molecular formula is C16H16BrN3O3S. The first kappa shape index (κ1) is 18.2. The van der Waals surface area contributed by atoms with Crippen LogP contribution in [0.3, 0.4) is 0 Å². The van der Waals surface area contributed by atoms with Gasteiger partial charge in [-0.05, 0) is 52.7 Å². The van der Waals surface area contributed by atoms with Gasteiger partial charge in [0.05, 0.1) is 15.1 Å². The average molecular weight is 410 g/mol. The molecule has 0 bridgehead atoms. The molecule has 0 radical (unpaired) electrons. The second-order valence-electron chi connectivity index (χ2n) is 5.13. The Kier molecular flexibility index (Phi) is 6.10. The van der Waals surface area contributed by atoms with E-state index in [1.54, 1.807) is 43.3 Å². The Morgan fingerprint density at radius 3 is 2.38 bits per heavy atom. The molecule has 2 aromatic rings. The number of hydrogen-bond acceptors (Lipinski definition) is 4. The first-order valence-electron chi connectivity index (χ1n) is 7.09. The van der Waals surface area contributed by atoms with Crippen LogP contribution < -0.4 is 16.4 Å². The predicted octanol–water partition coefficient (Wildman–Crippen LogP) is 2.30. The molecule has 0 saturated carbocycles. The Labute approximate surface area is 151 Å². The molecular weight excluding hydrogens is 394 g/mol. The molecule has 24 heavy (non-hydrogen) atoms. The van der Waals surface area contributed by atoms with Crippen LogP contribution in [0.5, 0.6) is 0 Å². The molecule has 1 unspecified atom stereocenters. The summed E-state index contributed by atoms with van der Waals surface area (Å²) in [6.07, 6.45) is 0.150. The number of nitrogens with one attached hydrogen (secondary N) is 2. The van der Waals surface area contributed by atoms with E-state index in [1.807, 2.05) is 0 Å². The van der Waals surface area contributed by atoms with Crippen molar-refractivity contribution in [2.75, 3.05) is 5.32 Å². The van der Waals surface area contributed by atoms with Crippen molar-refractivity contribution in [3.05, 3.63) is 50.6 Å². The van der Waals surface area contributed by atoms with Gasteiger partial charge in [-0.25, -0.2) is 0 Å². The lowest BCUT2D eigenvalue weighted by Crippen LogP contribution is -2.41. The lowest BCUT2D eigenvalue weighted by atomic mass is 10.1. The SMILES string of the molecule is CC(NC(=O)c1ccc(Br)s1)C(=O)Nc1ccc(CC(N)=O)cc1. The van der Waals surface area contributed by atoms with E-state index in [0.717, 1.165) is 9.35 Å². The Morgan fingerprint density at radius 1 is 1.17 bits per heavy atom. The zero-order valence-electron chi connectivity index (χ0n) is 12.8. The van der Waals surface area contributed by atoms with Crippen LogP contribution >= 0.6 is 27.3 Å². The summed E-state index contributed by atoms with van der Waals surface area (Å²) in [5.74, 6) is -1.05. The highest BCUT2D eigenvalue weighted by Crippen LogP contribution is 2.22. The third-order valence-electron chi connectivity index (χ3n) is 3.14. The number of carbonyl (C=O) groups is 3. The highest BCUT2D eigenvalue weighted by atomic mass is 79.9. The Balaban J connectivity index is 1.91. The van der Waals surface area contributed by atoms with Crippen molar-refractivity contribution in [2.24, 2.45) is 5.73 Å². The minimum atomic E-state index is -0.691. The number of hydrogen-bond donors (Lipinski definition) is 3. The molecule has 6 nitrogen and oxygen atoms in total. The third kappa shape index (κ3) is 5.17. The molecule has 1 aromatic carbocycles. The number of amides is 3. The molecule has 8 heteroatoms. The van der Waals surface area contributed by atoms with Gasteiger partial charge in [-0.15, -0.1) is 11.3 Å². The Bertz CT molecular complexity index is 758. The highest BCUT2D eigenvalue weighted by molar-refractivity contribution is 9.11. The molecule has 0 aliphatic heterocycles. The third-order valence-corrected chi connectivity index (χ3v) is 4.76. The van der Waals surface area contributed by atoms with Gasteiger partial charge in [-0.3, -0.25) is 14.4 Å². The summed E-state index contributed by atoms with van der Waals surface area (Å²) >= 11 is 4.59. The quantitative estimate of drug-likeness (QED) is 0.681. The molecule has 4 N–H and O–H groups in total. The van der Waals surface area contributed by atoms with Crippen molar-refractivity contribution < 1.29 is 14.4 Å². The van der Waals surface area contributed by atoms with Crippen LogP contribution in [-0.4, -0.2) is 23.8 Å². The molecule has 126 valence electrons. The number of nitrogens with two attached hydrogens (primary N) is 1. The van der Waals surface area contributed by atoms with Gasteiger partial charge in [0.1, 0.15) is 6.04 Å². The minimum Gasteiger partial charge on any atom is -0.369 e. The molecule has 0 saturated heterocycles. The fourth-order valence-corrected chi connectivity index (χ4v) is 3.22. The topological polar surface area (TPSA) is 101 Å². The van der Waals surface area contributed by atoms with Crippen molar-refractivity contribution in [3.63, 3.8) is 0 Å². The fourth-order valence-electron chi connectivity index (χ4n) is 1.93. The van der Waals surface area contributed by atoms with E-state index >= 15 is 0 Å². The number of benzene rings is 1. The summed E-state index contributed by atoms with van der Waals surface area (Å²) in [6, 6.07) is 9.56. The minimum absolute atomic E-state index is 0.150. The molecule has 1 aromatic heterocycles. The van der Waals surface area contributed by atoms with Gasteiger partial charge >= 0.3 is 0 Å². The van der Waals surface area contributed by atoms with Gasteiger partial charge in [-0.2, -0.15) is 0 Å². The van der Waals surface area contributed by atoms with E-state index in [1.165, 1.54) is 11.3 Å². The maximum Gasteiger partial charge on any atom is 0.262 e. The van der Waals surface area contributed by atoms with Gasteiger partial charge in [0.25, 0.3) is 5.91 Å².